The van der Waals surface area contributed by atoms with Crippen LogP contribution in [0.4, 0.5) is 0 Å². The molecule has 0 saturated carbocycles. The van der Waals surface area contributed by atoms with Gasteiger partial charge < -0.3 is 10.2 Å². The lowest BCUT2D eigenvalue weighted by atomic mass is 9.98. The van der Waals surface area contributed by atoms with Gasteiger partial charge in [-0.3, -0.25) is 14.6 Å². The van der Waals surface area contributed by atoms with Crippen LogP contribution in [-0.4, -0.2) is 85.0 Å². The highest BCUT2D eigenvalue weighted by Crippen LogP contribution is 2.20. The smallest absolute Gasteiger partial charge is 0.234 e. The number of nitrogens with zero attached hydrogens (tertiary/aromatic N) is 3. The number of likely N-dealkylation sites (N-methyl/N-ethyl adjacent to an activating group) is 1. The number of carbonyl (C=O) groups excluding carboxylic acids is 1. The van der Waals surface area contributed by atoms with E-state index < -0.39 is 0 Å². The molecule has 1 atom stereocenters. The summed E-state index contributed by atoms with van der Waals surface area (Å²) in [5, 5.41) is 3.24. The van der Waals surface area contributed by atoms with Crippen molar-refractivity contribution in [3.05, 3.63) is 0 Å². The highest BCUT2D eigenvalue weighted by molar-refractivity contribution is 5.78. The minimum absolute atomic E-state index is 0.195. The average Bonchev–Trinajstić information content (AvgIpc) is 2.41. The molecule has 2 rings (SSSR count). The van der Waals surface area contributed by atoms with Crippen molar-refractivity contribution in [2.75, 3.05) is 52.9 Å². The predicted octanol–water partition coefficient (Wildman–Crippen LogP) is 0.613. The summed E-state index contributed by atoms with van der Waals surface area (Å²) in [4.78, 5) is 19.3. The molecule has 2 fully saturated rings. The second-order valence-corrected chi connectivity index (χ2v) is 7.60. The standard InChI is InChI=1S/C16H32N4O/c1-16(2,3)20-7-5-6-14(12-20)17-15(21)13-19-10-8-18(4)9-11-19/h14H,5-13H2,1-4H3,(H,17,21). The van der Waals surface area contributed by atoms with Crippen molar-refractivity contribution in [1.29, 1.82) is 0 Å². The number of amides is 1. The Morgan fingerprint density at radius 3 is 2.43 bits per heavy atom. The maximum absolute atomic E-state index is 12.2. The zero-order valence-electron chi connectivity index (χ0n) is 14.2. The fraction of sp³-hybridized carbons (Fsp3) is 0.938. The second-order valence-electron chi connectivity index (χ2n) is 7.60. The van der Waals surface area contributed by atoms with Gasteiger partial charge in [0.2, 0.25) is 5.91 Å². The molecule has 122 valence electrons. The maximum Gasteiger partial charge on any atom is 0.234 e. The molecule has 0 aliphatic carbocycles. The molecule has 2 aliphatic rings. The third kappa shape index (κ3) is 5.24. The van der Waals surface area contributed by atoms with E-state index in [0.29, 0.717) is 12.6 Å². The number of piperazine rings is 1. The van der Waals surface area contributed by atoms with Crippen molar-refractivity contribution in [3.63, 3.8) is 0 Å². The van der Waals surface area contributed by atoms with Gasteiger partial charge in [-0.05, 0) is 47.2 Å². The van der Waals surface area contributed by atoms with Crippen LogP contribution in [0.3, 0.4) is 0 Å². The van der Waals surface area contributed by atoms with E-state index in [1.54, 1.807) is 0 Å². The largest absolute Gasteiger partial charge is 0.351 e. The van der Waals surface area contributed by atoms with Crippen molar-refractivity contribution in [2.24, 2.45) is 0 Å². The van der Waals surface area contributed by atoms with Crippen LogP contribution in [0.15, 0.2) is 0 Å². The van der Waals surface area contributed by atoms with Crippen LogP contribution < -0.4 is 5.32 Å². The molecule has 0 bridgehead atoms. The summed E-state index contributed by atoms with van der Waals surface area (Å²) in [5.41, 5.74) is 0.195. The molecule has 0 aromatic heterocycles. The normalized spacial score (nSPS) is 26.8. The molecule has 1 amide bonds. The van der Waals surface area contributed by atoms with Gasteiger partial charge in [-0.25, -0.2) is 0 Å². The van der Waals surface area contributed by atoms with Crippen molar-refractivity contribution in [3.8, 4) is 0 Å². The van der Waals surface area contributed by atoms with E-state index in [9.17, 15) is 4.79 Å². The van der Waals surface area contributed by atoms with E-state index in [0.717, 1.165) is 45.7 Å². The van der Waals surface area contributed by atoms with Crippen molar-refractivity contribution in [2.45, 2.75) is 45.2 Å². The number of nitrogens with one attached hydrogen (secondary N) is 1. The van der Waals surface area contributed by atoms with Crippen molar-refractivity contribution in [1.82, 2.24) is 20.0 Å². The first-order chi connectivity index (χ1) is 9.84. The Bertz CT molecular complexity index is 345. The van der Waals surface area contributed by atoms with Gasteiger partial charge in [0, 0.05) is 44.3 Å². The maximum atomic E-state index is 12.2. The Morgan fingerprint density at radius 1 is 1.14 bits per heavy atom. The van der Waals surface area contributed by atoms with Crippen molar-refractivity contribution < 1.29 is 4.79 Å². The quantitative estimate of drug-likeness (QED) is 0.828. The molecular formula is C16H32N4O. The monoisotopic (exact) mass is 296 g/mol. The van der Waals surface area contributed by atoms with Crippen LogP contribution in [0.25, 0.3) is 0 Å². The van der Waals surface area contributed by atoms with Crippen LogP contribution in [0.1, 0.15) is 33.6 Å². The van der Waals surface area contributed by atoms with Crippen LogP contribution in [0, 0.1) is 0 Å². The molecule has 5 nitrogen and oxygen atoms in total. The third-order valence-electron chi connectivity index (χ3n) is 4.70. The van der Waals surface area contributed by atoms with E-state index in [4.69, 9.17) is 0 Å². The van der Waals surface area contributed by atoms with Crippen molar-refractivity contribution >= 4 is 5.91 Å². The van der Waals surface area contributed by atoms with Crippen LogP contribution in [0.5, 0.6) is 0 Å². The summed E-state index contributed by atoms with van der Waals surface area (Å²) in [5.74, 6) is 0.195. The lowest BCUT2D eigenvalue weighted by molar-refractivity contribution is -0.123. The molecular weight excluding hydrogens is 264 g/mol. The molecule has 5 heteroatoms. The molecule has 0 radical (unpaired) electrons. The highest BCUT2D eigenvalue weighted by Gasteiger charge is 2.28. The molecule has 1 unspecified atom stereocenters. The van der Waals surface area contributed by atoms with Gasteiger partial charge in [0.25, 0.3) is 0 Å². The minimum atomic E-state index is 0.195. The van der Waals surface area contributed by atoms with Gasteiger partial charge in [-0.2, -0.15) is 0 Å². The minimum Gasteiger partial charge on any atom is -0.351 e. The summed E-state index contributed by atoms with van der Waals surface area (Å²) in [6.45, 7) is 13.6. The number of likely N-dealkylation sites (tertiary alicyclic amines) is 1. The number of hydrogen-bond acceptors (Lipinski definition) is 4. The Kier molecular flexibility index (Phi) is 5.63. The number of rotatable bonds is 3. The zero-order valence-corrected chi connectivity index (χ0v) is 14.2. The predicted molar refractivity (Wildman–Crippen MR) is 86.4 cm³/mol. The van der Waals surface area contributed by atoms with Gasteiger partial charge in [0.15, 0.2) is 0 Å². The topological polar surface area (TPSA) is 38.8 Å². The lowest BCUT2D eigenvalue weighted by Crippen LogP contribution is -2.55. The first kappa shape index (κ1) is 16.7. The van der Waals surface area contributed by atoms with Crippen LogP contribution >= 0.6 is 0 Å². The van der Waals surface area contributed by atoms with E-state index in [1.165, 1.54) is 6.42 Å². The summed E-state index contributed by atoms with van der Waals surface area (Å²) in [6, 6.07) is 0.318. The zero-order chi connectivity index (χ0) is 15.5. The van der Waals surface area contributed by atoms with Gasteiger partial charge >= 0.3 is 0 Å². The number of carbonyl (C=O) groups is 1. The molecule has 1 N–H and O–H groups in total. The second kappa shape index (κ2) is 7.07. The number of hydrogen-bond donors (Lipinski definition) is 1. The van der Waals surface area contributed by atoms with E-state index in [-0.39, 0.29) is 11.4 Å². The first-order valence-electron chi connectivity index (χ1n) is 8.30. The molecule has 2 aliphatic heterocycles. The molecule has 2 saturated heterocycles. The van der Waals surface area contributed by atoms with Crippen LogP contribution in [0.2, 0.25) is 0 Å². The lowest BCUT2D eigenvalue weighted by Gasteiger charge is -2.42. The van der Waals surface area contributed by atoms with E-state index in [2.05, 4.69) is 47.8 Å². The van der Waals surface area contributed by atoms with E-state index >= 15 is 0 Å². The molecule has 21 heavy (non-hydrogen) atoms. The Labute approximate surface area is 129 Å². The van der Waals surface area contributed by atoms with E-state index in [1.807, 2.05) is 0 Å². The fourth-order valence-corrected chi connectivity index (χ4v) is 3.19. The van der Waals surface area contributed by atoms with Crippen LogP contribution in [-0.2, 0) is 4.79 Å². The highest BCUT2D eigenvalue weighted by atomic mass is 16.2. The van der Waals surface area contributed by atoms with Gasteiger partial charge in [0.05, 0.1) is 6.54 Å². The summed E-state index contributed by atoms with van der Waals surface area (Å²) in [6.07, 6.45) is 2.29. The Morgan fingerprint density at radius 2 is 1.81 bits per heavy atom. The van der Waals surface area contributed by atoms with Gasteiger partial charge in [-0.1, -0.05) is 0 Å². The number of piperidine rings is 1. The Hall–Kier alpha value is -0.650. The molecule has 2 heterocycles. The molecule has 0 aromatic rings. The summed E-state index contributed by atoms with van der Waals surface area (Å²) >= 11 is 0. The fourth-order valence-electron chi connectivity index (χ4n) is 3.19. The third-order valence-corrected chi connectivity index (χ3v) is 4.70. The van der Waals surface area contributed by atoms with Gasteiger partial charge in [-0.15, -0.1) is 0 Å². The molecule has 0 spiro atoms. The Balaban J connectivity index is 1.74. The average molecular weight is 296 g/mol. The van der Waals surface area contributed by atoms with Gasteiger partial charge in [0.1, 0.15) is 0 Å². The SMILES string of the molecule is CN1CCN(CC(=O)NC2CCCN(C(C)(C)C)C2)CC1. The first-order valence-corrected chi connectivity index (χ1v) is 8.30. The molecule has 0 aromatic carbocycles. The summed E-state index contributed by atoms with van der Waals surface area (Å²) in [7, 11) is 2.14. The summed E-state index contributed by atoms with van der Waals surface area (Å²) < 4.78 is 0.